The summed E-state index contributed by atoms with van der Waals surface area (Å²) < 4.78 is 2.11. The highest BCUT2D eigenvalue weighted by molar-refractivity contribution is 5.70. The first-order valence-corrected chi connectivity index (χ1v) is 6.62. The van der Waals surface area contributed by atoms with Gasteiger partial charge in [0.25, 0.3) is 5.69 Å². The highest BCUT2D eigenvalue weighted by Gasteiger charge is 2.20. The Hall–Kier alpha value is -2.95. The maximum Gasteiger partial charge on any atom is 0.269 e. The lowest BCUT2D eigenvalue weighted by Gasteiger charge is -1.98. The predicted octanol–water partition coefficient (Wildman–Crippen LogP) is 3.49. The smallest absolute Gasteiger partial charge is 0.269 e. The van der Waals surface area contributed by atoms with E-state index in [2.05, 4.69) is 21.7 Å². The van der Waals surface area contributed by atoms with E-state index in [-0.39, 0.29) is 5.69 Å². The van der Waals surface area contributed by atoms with Crippen LogP contribution in [0.25, 0.3) is 22.6 Å². The molecule has 0 atom stereocenters. The molecule has 0 unspecified atom stereocenters. The Balaban J connectivity index is 1.75. The van der Waals surface area contributed by atoms with Gasteiger partial charge in [-0.2, -0.15) is 0 Å². The fourth-order valence-electron chi connectivity index (χ4n) is 2.70. The van der Waals surface area contributed by atoms with Gasteiger partial charge in [-0.25, -0.2) is 4.98 Å². The summed E-state index contributed by atoms with van der Waals surface area (Å²) in [6.45, 7) is 0.825. The van der Waals surface area contributed by atoms with Gasteiger partial charge in [0.05, 0.1) is 10.6 Å². The van der Waals surface area contributed by atoms with E-state index in [0.29, 0.717) is 0 Å². The second kappa shape index (κ2) is 4.28. The molecule has 0 bridgehead atoms. The Morgan fingerprint density at radius 2 is 1.86 bits per heavy atom. The van der Waals surface area contributed by atoms with Crippen molar-refractivity contribution in [3.8, 4) is 22.6 Å². The maximum atomic E-state index is 10.7. The van der Waals surface area contributed by atoms with E-state index < -0.39 is 4.92 Å². The summed E-state index contributed by atoms with van der Waals surface area (Å²) in [5.74, 6) is 0.957. The number of nitrogens with zero attached hydrogens (tertiary/aromatic N) is 3. The minimum Gasteiger partial charge on any atom is -0.326 e. The van der Waals surface area contributed by atoms with Crippen molar-refractivity contribution in [2.75, 3.05) is 0 Å². The molecule has 1 aliphatic rings. The van der Waals surface area contributed by atoms with Gasteiger partial charge in [0.1, 0.15) is 5.82 Å². The van der Waals surface area contributed by atoms with Crippen LogP contribution < -0.4 is 0 Å². The highest BCUT2D eigenvalue weighted by atomic mass is 16.6. The molecule has 21 heavy (non-hydrogen) atoms. The van der Waals surface area contributed by atoms with Gasteiger partial charge in [-0.15, -0.1) is 0 Å². The second-order valence-corrected chi connectivity index (χ2v) is 5.04. The highest BCUT2D eigenvalue weighted by Crippen LogP contribution is 2.33. The topological polar surface area (TPSA) is 61.0 Å². The largest absolute Gasteiger partial charge is 0.326 e. The molecule has 0 saturated heterocycles. The van der Waals surface area contributed by atoms with E-state index in [1.54, 1.807) is 12.1 Å². The minimum atomic E-state index is -0.396. The molecule has 2 aromatic carbocycles. The van der Waals surface area contributed by atoms with Crippen LogP contribution in [-0.2, 0) is 6.54 Å². The Bertz CT molecular complexity index is 850. The molecule has 0 saturated carbocycles. The molecular weight excluding hydrogens is 266 g/mol. The molecule has 0 fully saturated rings. The van der Waals surface area contributed by atoms with E-state index in [1.165, 1.54) is 17.7 Å². The average molecular weight is 277 g/mol. The van der Waals surface area contributed by atoms with Crippen LogP contribution in [0.1, 0.15) is 5.56 Å². The number of nitro benzene ring substituents is 1. The molecule has 0 spiro atoms. The maximum absolute atomic E-state index is 10.7. The first kappa shape index (κ1) is 11.8. The van der Waals surface area contributed by atoms with Crippen molar-refractivity contribution < 1.29 is 4.92 Å². The molecule has 5 heteroatoms. The van der Waals surface area contributed by atoms with Gasteiger partial charge < -0.3 is 4.57 Å². The lowest BCUT2D eigenvalue weighted by molar-refractivity contribution is -0.384. The molecule has 0 amide bonds. The van der Waals surface area contributed by atoms with Crippen molar-refractivity contribution in [2.45, 2.75) is 6.54 Å². The Labute approximate surface area is 120 Å². The number of fused-ring (bicyclic) bond motifs is 3. The number of hydrogen-bond donors (Lipinski definition) is 0. The van der Waals surface area contributed by atoms with Gasteiger partial charge in [0.15, 0.2) is 0 Å². The molecule has 0 radical (unpaired) electrons. The van der Waals surface area contributed by atoms with Crippen molar-refractivity contribution >= 4 is 5.69 Å². The monoisotopic (exact) mass is 277 g/mol. The summed E-state index contributed by atoms with van der Waals surface area (Å²) in [6, 6.07) is 14.7. The van der Waals surface area contributed by atoms with Gasteiger partial charge in [-0.05, 0) is 17.7 Å². The van der Waals surface area contributed by atoms with Crippen molar-refractivity contribution in [2.24, 2.45) is 0 Å². The zero-order valence-corrected chi connectivity index (χ0v) is 11.1. The van der Waals surface area contributed by atoms with Crippen LogP contribution in [0.4, 0.5) is 5.69 Å². The van der Waals surface area contributed by atoms with E-state index >= 15 is 0 Å². The number of non-ortho nitro benzene ring substituents is 1. The van der Waals surface area contributed by atoms with Crippen LogP contribution >= 0.6 is 0 Å². The Morgan fingerprint density at radius 3 is 2.62 bits per heavy atom. The molecule has 2 heterocycles. The number of rotatable bonds is 2. The van der Waals surface area contributed by atoms with Crippen molar-refractivity contribution in [3.63, 3.8) is 0 Å². The number of nitro groups is 1. The van der Waals surface area contributed by atoms with E-state index in [9.17, 15) is 10.1 Å². The Morgan fingerprint density at radius 1 is 1.10 bits per heavy atom. The van der Waals surface area contributed by atoms with E-state index in [4.69, 9.17) is 0 Å². The molecule has 0 N–H and O–H groups in total. The van der Waals surface area contributed by atoms with Crippen molar-refractivity contribution in [1.29, 1.82) is 0 Å². The molecule has 0 aliphatic carbocycles. The summed E-state index contributed by atoms with van der Waals surface area (Å²) in [7, 11) is 0. The molecule has 3 aromatic rings. The number of benzene rings is 2. The lowest BCUT2D eigenvalue weighted by Crippen LogP contribution is -1.89. The fourth-order valence-corrected chi connectivity index (χ4v) is 2.70. The number of hydrogen-bond acceptors (Lipinski definition) is 3. The van der Waals surface area contributed by atoms with Crippen LogP contribution in [0.2, 0.25) is 0 Å². The summed E-state index contributed by atoms with van der Waals surface area (Å²) in [5, 5.41) is 10.7. The van der Waals surface area contributed by atoms with Crippen LogP contribution in [0.3, 0.4) is 0 Å². The first-order valence-electron chi connectivity index (χ1n) is 6.62. The average Bonchev–Trinajstić information content (AvgIpc) is 3.05. The standard InChI is InChI=1S/C16H11N3O2/c20-19(21)13-7-5-11(6-8-13)15-10-18-9-12-3-1-2-4-14(12)16(18)17-15/h1-8,10H,9H2. The van der Waals surface area contributed by atoms with E-state index in [0.717, 1.165) is 29.2 Å². The molecule has 1 aromatic heterocycles. The van der Waals surface area contributed by atoms with Crippen LogP contribution in [0, 0.1) is 10.1 Å². The SMILES string of the molecule is O=[N+]([O-])c1ccc(-c2cn3c(n2)-c2ccccc2C3)cc1. The van der Waals surface area contributed by atoms with Gasteiger partial charge in [0.2, 0.25) is 0 Å². The predicted molar refractivity (Wildman–Crippen MR) is 78.9 cm³/mol. The fraction of sp³-hybridized carbons (Fsp3) is 0.0625. The van der Waals surface area contributed by atoms with Crippen molar-refractivity contribution in [3.05, 3.63) is 70.4 Å². The van der Waals surface area contributed by atoms with Crippen LogP contribution in [0.15, 0.2) is 54.7 Å². The van der Waals surface area contributed by atoms with Crippen LogP contribution in [-0.4, -0.2) is 14.5 Å². The number of imidazole rings is 1. The lowest BCUT2D eigenvalue weighted by atomic mass is 10.1. The third-order valence-corrected chi connectivity index (χ3v) is 3.75. The van der Waals surface area contributed by atoms with Gasteiger partial charge in [-0.3, -0.25) is 10.1 Å². The third-order valence-electron chi connectivity index (χ3n) is 3.75. The van der Waals surface area contributed by atoms with Gasteiger partial charge >= 0.3 is 0 Å². The molecule has 4 rings (SSSR count). The Kier molecular flexibility index (Phi) is 2.41. The molecular formula is C16H11N3O2. The van der Waals surface area contributed by atoms with Crippen molar-refractivity contribution in [1.82, 2.24) is 9.55 Å². The number of aromatic nitrogens is 2. The van der Waals surface area contributed by atoms with E-state index in [1.807, 2.05) is 18.3 Å². The first-order chi connectivity index (χ1) is 10.2. The minimum absolute atomic E-state index is 0.0934. The summed E-state index contributed by atoms with van der Waals surface area (Å²) in [5.41, 5.74) is 4.26. The second-order valence-electron chi connectivity index (χ2n) is 5.04. The summed E-state index contributed by atoms with van der Waals surface area (Å²) in [6.07, 6.45) is 2.00. The normalized spacial score (nSPS) is 12.0. The van der Waals surface area contributed by atoms with Gasteiger partial charge in [0, 0.05) is 36.0 Å². The van der Waals surface area contributed by atoms with Gasteiger partial charge in [-0.1, -0.05) is 24.3 Å². The molecule has 5 nitrogen and oxygen atoms in total. The molecule has 1 aliphatic heterocycles. The quantitative estimate of drug-likeness (QED) is 0.416. The zero-order chi connectivity index (χ0) is 14.4. The summed E-state index contributed by atoms with van der Waals surface area (Å²) >= 11 is 0. The van der Waals surface area contributed by atoms with Crippen LogP contribution in [0.5, 0.6) is 0 Å². The molecule has 102 valence electrons. The zero-order valence-electron chi connectivity index (χ0n) is 11.1. The summed E-state index contributed by atoms with van der Waals surface area (Å²) in [4.78, 5) is 15.0. The third kappa shape index (κ3) is 1.82.